The quantitative estimate of drug-likeness (QED) is 0.268. The van der Waals surface area contributed by atoms with Gasteiger partial charge in [0, 0.05) is 0 Å². The molecule has 3 heteroatoms. The third kappa shape index (κ3) is 5.57. The van der Waals surface area contributed by atoms with Crippen molar-refractivity contribution in [3.05, 3.63) is 142 Å². The van der Waals surface area contributed by atoms with Gasteiger partial charge in [0.1, 0.15) is 12.4 Å². The molecule has 0 aromatic heterocycles. The maximum Gasteiger partial charge on any atom is 0.335 e. The number of hydrogen-bond acceptors (Lipinski definition) is 2. The van der Waals surface area contributed by atoms with Gasteiger partial charge in [-0.2, -0.15) is 0 Å². The van der Waals surface area contributed by atoms with Gasteiger partial charge in [-0.05, 0) is 81.1 Å². The molecule has 0 saturated heterocycles. The number of fused-ring (bicyclic) bond motifs is 1. The fourth-order valence-corrected chi connectivity index (χ4v) is 4.73. The monoisotopic (exact) mass is 486 g/mol. The van der Waals surface area contributed by atoms with E-state index < -0.39 is 5.97 Å². The normalized spacial score (nSPS) is 14.2. The molecule has 5 rings (SSSR count). The van der Waals surface area contributed by atoms with E-state index in [0.717, 1.165) is 28.9 Å². The van der Waals surface area contributed by atoms with Gasteiger partial charge in [0.15, 0.2) is 0 Å². The van der Waals surface area contributed by atoms with Crippen molar-refractivity contribution in [2.24, 2.45) is 0 Å². The SMILES string of the molecule is CC1(C)CC=C(c2ccc(OCc3ccccc3)cc2)c2cc(C=Cc3ccc(C(=O)O)cc3)ccc21. The van der Waals surface area contributed by atoms with Gasteiger partial charge in [0.2, 0.25) is 0 Å². The van der Waals surface area contributed by atoms with Crippen LogP contribution in [0, 0.1) is 0 Å². The van der Waals surface area contributed by atoms with Crippen LogP contribution in [-0.2, 0) is 12.0 Å². The van der Waals surface area contributed by atoms with Crippen LogP contribution in [0.15, 0.2) is 103 Å². The molecule has 184 valence electrons. The Hall–Kier alpha value is -4.37. The molecule has 0 unspecified atom stereocenters. The Labute approximate surface area is 218 Å². The highest BCUT2D eigenvalue weighted by atomic mass is 16.5. The van der Waals surface area contributed by atoms with Gasteiger partial charge < -0.3 is 9.84 Å². The predicted molar refractivity (Wildman–Crippen MR) is 151 cm³/mol. The van der Waals surface area contributed by atoms with Crippen molar-refractivity contribution in [1.29, 1.82) is 0 Å². The van der Waals surface area contributed by atoms with Gasteiger partial charge in [-0.25, -0.2) is 4.79 Å². The minimum Gasteiger partial charge on any atom is -0.489 e. The van der Waals surface area contributed by atoms with Crippen molar-refractivity contribution in [3.8, 4) is 5.75 Å². The number of carbonyl (C=O) groups is 1. The summed E-state index contributed by atoms with van der Waals surface area (Å²) in [6.07, 6.45) is 7.42. The van der Waals surface area contributed by atoms with E-state index in [-0.39, 0.29) is 5.41 Å². The molecule has 1 N–H and O–H groups in total. The molecule has 0 radical (unpaired) electrons. The highest BCUT2D eigenvalue weighted by Crippen LogP contribution is 2.42. The second kappa shape index (κ2) is 10.3. The summed E-state index contributed by atoms with van der Waals surface area (Å²) in [5.41, 5.74) is 8.58. The molecule has 3 nitrogen and oxygen atoms in total. The molecule has 1 aliphatic carbocycles. The first kappa shape index (κ1) is 24.3. The number of aromatic carboxylic acids is 1. The van der Waals surface area contributed by atoms with Crippen molar-refractivity contribution < 1.29 is 14.6 Å². The molecule has 1 aliphatic rings. The third-order valence-electron chi connectivity index (χ3n) is 6.92. The van der Waals surface area contributed by atoms with Crippen LogP contribution in [0.3, 0.4) is 0 Å². The fraction of sp³-hybridized carbons (Fsp3) is 0.147. The highest BCUT2D eigenvalue weighted by molar-refractivity contribution is 5.88. The predicted octanol–water partition coefficient (Wildman–Crippen LogP) is 8.25. The van der Waals surface area contributed by atoms with E-state index in [4.69, 9.17) is 9.84 Å². The third-order valence-corrected chi connectivity index (χ3v) is 6.92. The number of ether oxygens (including phenoxy) is 1. The zero-order valence-electron chi connectivity index (χ0n) is 21.1. The van der Waals surface area contributed by atoms with Gasteiger partial charge in [-0.15, -0.1) is 0 Å². The summed E-state index contributed by atoms with van der Waals surface area (Å²) in [4.78, 5) is 11.1. The van der Waals surface area contributed by atoms with Crippen molar-refractivity contribution >= 4 is 23.7 Å². The molecule has 4 aromatic rings. The number of carboxylic acid groups (broad SMARTS) is 1. The second-order valence-electron chi connectivity index (χ2n) is 10.1. The van der Waals surface area contributed by atoms with Crippen LogP contribution in [0.5, 0.6) is 5.75 Å². The molecular weight excluding hydrogens is 456 g/mol. The topological polar surface area (TPSA) is 46.5 Å². The van der Waals surface area contributed by atoms with Crippen LogP contribution in [0.1, 0.15) is 64.0 Å². The van der Waals surface area contributed by atoms with E-state index in [1.807, 2.05) is 48.5 Å². The molecular formula is C34H30O3. The Balaban J connectivity index is 1.38. The van der Waals surface area contributed by atoms with Crippen LogP contribution in [-0.4, -0.2) is 11.1 Å². The molecule has 0 atom stereocenters. The minimum atomic E-state index is -0.914. The summed E-state index contributed by atoms with van der Waals surface area (Å²) in [6.45, 7) is 5.13. The molecule has 0 amide bonds. The van der Waals surface area contributed by atoms with Crippen molar-refractivity contribution in [2.45, 2.75) is 32.3 Å². The van der Waals surface area contributed by atoms with E-state index >= 15 is 0 Å². The summed E-state index contributed by atoms with van der Waals surface area (Å²) >= 11 is 0. The lowest BCUT2D eigenvalue weighted by Crippen LogP contribution is -2.21. The Morgan fingerprint density at radius 2 is 1.54 bits per heavy atom. The summed E-state index contributed by atoms with van der Waals surface area (Å²) in [5, 5.41) is 9.12. The van der Waals surface area contributed by atoms with Gasteiger partial charge in [0.05, 0.1) is 5.56 Å². The van der Waals surface area contributed by atoms with Crippen molar-refractivity contribution in [1.82, 2.24) is 0 Å². The lowest BCUT2D eigenvalue weighted by atomic mass is 9.72. The second-order valence-corrected chi connectivity index (χ2v) is 10.1. The van der Waals surface area contributed by atoms with E-state index in [1.54, 1.807) is 12.1 Å². The highest BCUT2D eigenvalue weighted by Gasteiger charge is 2.28. The maximum absolute atomic E-state index is 11.1. The fourth-order valence-electron chi connectivity index (χ4n) is 4.73. The first-order valence-corrected chi connectivity index (χ1v) is 12.5. The number of rotatable bonds is 7. The lowest BCUT2D eigenvalue weighted by molar-refractivity contribution is 0.0697. The number of hydrogen-bond donors (Lipinski definition) is 1. The van der Waals surface area contributed by atoms with Crippen molar-refractivity contribution in [2.75, 3.05) is 0 Å². The van der Waals surface area contributed by atoms with E-state index in [0.29, 0.717) is 12.2 Å². The lowest BCUT2D eigenvalue weighted by Gasteiger charge is -2.32. The molecule has 0 spiro atoms. The van der Waals surface area contributed by atoms with Gasteiger partial charge in [-0.1, -0.05) is 98.8 Å². The number of allylic oxidation sites excluding steroid dienone is 1. The standard InChI is InChI=1S/C34H30O3/c1-34(2)21-20-30(27-15-17-29(18-16-27)37-23-26-6-4-3-5-7-26)31-22-25(12-19-32(31)34)9-8-24-10-13-28(14-11-24)33(35)36/h3-20,22H,21,23H2,1-2H3,(H,35,36). The molecule has 0 aliphatic heterocycles. The van der Waals surface area contributed by atoms with Gasteiger partial charge >= 0.3 is 5.97 Å². The van der Waals surface area contributed by atoms with Crippen LogP contribution >= 0.6 is 0 Å². The van der Waals surface area contributed by atoms with Crippen LogP contribution in [0.2, 0.25) is 0 Å². The zero-order valence-corrected chi connectivity index (χ0v) is 21.1. The Kier molecular flexibility index (Phi) is 6.78. The summed E-state index contributed by atoms with van der Waals surface area (Å²) in [7, 11) is 0. The molecule has 0 bridgehead atoms. The first-order chi connectivity index (χ1) is 17.9. The molecule has 0 fully saturated rings. The smallest absolute Gasteiger partial charge is 0.335 e. The Bertz CT molecular complexity index is 1460. The average Bonchev–Trinajstić information content (AvgIpc) is 2.92. The van der Waals surface area contributed by atoms with Crippen LogP contribution in [0.25, 0.3) is 17.7 Å². The molecule has 0 heterocycles. The van der Waals surface area contributed by atoms with Crippen molar-refractivity contribution in [3.63, 3.8) is 0 Å². The Morgan fingerprint density at radius 3 is 2.24 bits per heavy atom. The van der Waals surface area contributed by atoms with Crippen LogP contribution in [0.4, 0.5) is 0 Å². The summed E-state index contributed by atoms with van der Waals surface area (Å²) < 4.78 is 5.99. The molecule has 37 heavy (non-hydrogen) atoms. The first-order valence-electron chi connectivity index (χ1n) is 12.5. The molecule has 4 aromatic carbocycles. The minimum absolute atomic E-state index is 0.0620. The van der Waals surface area contributed by atoms with Gasteiger partial charge in [-0.3, -0.25) is 0 Å². The number of carboxylic acids is 1. The zero-order chi connectivity index (χ0) is 25.8. The summed E-state index contributed by atoms with van der Waals surface area (Å²) in [6, 6.07) is 32.1. The maximum atomic E-state index is 11.1. The largest absolute Gasteiger partial charge is 0.489 e. The molecule has 0 saturated carbocycles. The van der Waals surface area contributed by atoms with Gasteiger partial charge in [0.25, 0.3) is 0 Å². The number of benzene rings is 4. The average molecular weight is 487 g/mol. The van der Waals surface area contributed by atoms with E-state index in [2.05, 4.69) is 68.5 Å². The van der Waals surface area contributed by atoms with E-state index in [1.165, 1.54) is 22.3 Å². The van der Waals surface area contributed by atoms with E-state index in [9.17, 15) is 4.79 Å². The van der Waals surface area contributed by atoms with Crippen LogP contribution < -0.4 is 4.74 Å². The summed E-state index contributed by atoms with van der Waals surface area (Å²) in [5.74, 6) is -0.0573. The Morgan fingerprint density at radius 1 is 0.865 bits per heavy atom.